The molecule has 1 unspecified atom stereocenters. The number of aromatic amines is 1. The maximum absolute atomic E-state index is 13.2. The maximum atomic E-state index is 13.2. The van der Waals surface area contributed by atoms with Crippen molar-refractivity contribution in [3.63, 3.8) is 0 Å². The molecule has 1 heterocycles. The van der Waals surface area contributed by atoms with Crippen molar-refractivity contribution >= 4 is 16.8 Å². The van der Waals surface area contributed by atoms with Gasteiger partial charge in [-0.25, -0.2) is 0 Å². The van der Waals surface area contributed by atoms with Gasteiger partial charge in [-0.3, -0.25) is 4.79 Å². The summed E-state index contributed by atoms with van der Waals surface area (Å²) in [6.45, 7) is 0.509. The van der Waals surface area contributed by atoms with Crippen molar-refractivity contribution < 1.29 is 23.7 Å². The molecule has 3 aromatic carbocycles. The van der Waals surface area contributed by atoms with Gasteiger partial charge in [-0.05, 0) is 41.8 Å². The second-order valence-electron chi connectivity index (χ2n) is 8.44. The van der Waals surface area contributed by atoms with Crippen molar-refractivity contribution in [3.05, 3.63) is 83.6 Å². The average Bonchev–Trinajstić information content (AvgIpc) is 3.35. The molecular weight excluding hydrogens is 456 g/mol. The minimum atomic E-state index is -0.205. The highest BCUT2D eigenvalue weighted by atomic mass is 16.5. The molecule has 0 aliphatic heterocycles. The molecule has 2 N–H and O–H groups in total. The van der Waals surface area contributed by atoms with Gasteiger partial charge in [0.05, 0.1) is 28.4 Å². The highest BCUT2D eigenvalue weighted by molar-refractivity contribution is 5.86. The van der Waals surface area contributed by atoms with Crippen molar-refractivity contribution in [2.75, 3.05) is 35.0 Å². The molecule has 188 valence electrons. The van der Waals surface area contributed by atoms with E-state index < -0.39 is 0 Å². The molecule has 7 heteroatoms. The summed E-state index contributed by atoms with van der Waals surface area (Å²) in [5.41, 5.74) is 4.05. The van der Waals surface area contributed by atoms with Crippen LogP contribution in [0.2, 0.25) is 0 Å². The van der Waals surface area contributed by atoms with Crippen LogP contribution in [-0.4, -0.2) is 45.9 Å². The topological polar surface area (TPSA) is 81.8 Å². The summed E-state index contributed by atoms with van der Waals surface area (Å²) < 4.78 is 21.8. The first kappa shape index (κ1) is 25.0. The molecule has 7 nitrogen and oxygen atoms in total. The van der Waals surface area contributed by atoms with Gasteiger partial charge in [0.1, 0.15) is 11.5 Å². The quantitative estimate of drug-likeness (QED) is 0.308. The lowest BCUT2D eigenvalue weighted by atomic mass is 9.87. The second-order valence-corrected chi connectivity index (χ2v) is 8.44. The Morgan fingerprint density at radius 3 is 2.36 bits per heavy atom. The van der Waals surface area contributed by atoms with E-state index in [9.17, 15) is 4.79 Å². The van der Waals surface area contributed by atoms with Gasteiger partial charge < -0.3 is 29.2 Å². The summed E-state index contributed by atoms with van der Waals surface area (Å²) in [6.07, 6.45) is 2.93. The summed E-state index contributed by atoms with van der Waals surface area (Å²) in [5.74, 6) is 2.50. The molecule has 0 aliphatic carbocycles. The summed E-state index contributed by atoms with van der Waals surface area (Å²) in [5, 5.41) is 4.16. The number of methoxy groups -OCH3 is 4. The van der Waals surface area contributed by atoms with E-state index >= 15 is 0 Å². The van der Waals surface area contributed by atoms with Gasteiger partial charge in [-0.15, -0.1) is 0 Å². The monoisotopic (exact) mass is 488 g/mol. The number of hydrogen-bond acceptors (Lipinski definition) is 5. The summed E-state index contributed by atoms with van der Waals surface area (Å²) >= 11 is 0. The molecule has 0 aliphatic rings. The molecule has 4 rings (SSSR count). The molecule has 0 saturated heterocycles. The number of nitrogens with one attached hydrogen (secondary N) is 2. The number of carbonyl (C=O) groups is 1. The number of rotatable bonds is 11. The summed E-state index contributed by atoms with van der Waals surface area (Å²) in [6, 6.07) is 19.6. The smallest absolute Gasteiger partial charge is 0.220 e. The molecule has 0 saturated carbocycles. The molecule has 1 amide bonds. The first-order chi connectivity index (χ1) is 17.6. The van der Waals surface area contributed by atoms with Crippen LogP contribution < -0.4 is 24.3 Å². The number of carbonyl (C=O) groups excluding carboxylic acids is 1. The van der Waals surface area contributed by atoms with E-state index in [1.165, 1.54) is 0 Å². The lowest BCUT2D eigenvalue weighted by Crippen LogP contribution is -2.27. The normalized spacial score (nSPS) is 11.7. The zero-order valence-corrected chi connectivity index (χ0v) is 21.1. The third-order valence-corrected chi connectivity index (χ3v) is 6.39. The van der Waals surface area contributed by atoms with E-state index in [0.717, 1.165) is 27.6 Å². The van der Waals surface area contributed by atoms with Crippen molar-refractivity contribution in [1.29, 1.82) is 0 Å². The largest absolute Gasteiger partial charge is 0.497 e. The van der Waals surface area contributed by atoms with E-state index in [4.69, 9.17) is 18.9 Å². The average molecular weight is 489 g/mol. The standard InChI is InChI=1S/C29H32N2O5/c1-33-20-10-11-22(27(16-20)35-3)23(24-18-31-25-8-6-5-7-21(24)25)17-29(32)30-14-13-19-9-12-26(34-2)28(15-19)36-4/h5-12,15-16,18,23,31H,13-14,17H2,1-4H3,(H,30,32). The zero-order valence-electron chi connectivity index (χ0n) is 21.1. The van der Waals surface area contributed by atoms with Gasteiger partial charge in [-0.1, -0.05) is 30.3 Å². The van der Waals surface area contributed by atoms with Crippen molar-refractivity contribution in [1.82, 2.24) is 10.3 Å². The fraction of sp³-hybridized carbons (Fsp3) is 0.276. The molecule has 1 atom stereocenters. The van der Waals surface area contributed by atoms with Gasteiger partial charge in [0, 0.05) is 47.6 Å². The maximum Gasteiger partial charge on any atom is 0.220 e. The number of benzene rings is 3. The molecule has 0 spiro atoms. The van der Waals surface area contributed by atoms with Crippen LogP contribution in [0.4, 0.5) is 0 Å². The molecule has 4 aromatic rings. The number of amides is 1. The van der Waals surface area contributed by atoms with Crippen LogP contribution in [0, 0.1) is 0 Å². The molecular formula is C29H32N2O5. The fourth-order valence-electron chi connectivity index (χ4n) is 4.52. The molecule has 0 bridgehead atoms. The first-order valence-corrected chi connectivity index (χ1v) is 11.8. The summed E-state index contributed by atoms with van der Waals surface area (Å²) in [7, 11) is 6.48. The van der Waals surface area contributed by atoms with Crippen LogP contribution in [0.1, 0.15) is 29.0 Å². The van der Waals surface area contributed by atoms with Crippen LogP contribution in [0.15, 0.2) is 66.9 Å². The number of hydrogen-bond donors (Lipinski definition) is 2. The van der Waals surface area contributed by atoms with Gasteiger partial charge in [0.25, 0.3) is 0 Å². The molecule has 0 radical (unpaired) electrons. The highest BCUT2D eigenvalue weighted by Crippen LogP contribution is 2.39. The number of para-hydroxylation sites is 1. The van der Waals surface area contributed by atoms with Gasteiger partial charge in [0.2, 0.25) is 5.91 Å². The van der Waals surface area contributed by atoms with Gasteiger partial charge >= 0.3 is 0 Å². The van der Waals surface area contributed by atoms with Crippen molar-refractivity contribution in [2.45, 2.75) is 18.8 Å². The van der Waals surface area contributed by atoms with E-state index in [1.807, 2.05) is 60.8 Å². The van der Waals surface area contributed by atoms with Gasteiger partial charge in [-0.2, -0.15) is 0 Å². The minimum absolute atomic E-state index is 0.0383. The first-order valence-electron chi connectivity index (χ1n) is 11.8. The Morgan fingerprint density at radius 2 is 1.61 bits per heavy atom. The minimum Gasteiger partial charge on any atom is -0.497 e. The van der Waals surface area contributed by atoms with E-state index in [-0.39, 0.29) is 18.2 Å². The number of H-pyrrole nitrogens is 1. The Morgan fingerprint density at radius 1 is 0.833 bits per heavy atom. The third-order valence-electron chi connectivity index (χ3n) is 6.39. The van der Waals surface area contributed by atoms with E-state index in [1.54, 1.807) is 28.4 Å². The Bertz CT molecular complexity index is 1330. The van der Waals surface area contributed by atoms with E-state index in [2.05, 4.69) is 16.4 Å². The fourth-order valence-corrected chi connectivity index (χ4v) is 4.52. The van der Waals surface area contributed by atoms with Crippen molar-refractivity contribution in [3.8, 4) is 23.0 Å². The van der Waals surface area contributed by atoms with Crippen molar-refractivity contribution in [2.24, 2.45) is 0 Å². The predicted molar refractivity (Wildman–Crippen MR) is 141 cm³/mol. The van der Waals surface area contributed by atoms with Crippen LogP contribution in [-0.2, 0) is 11.2 Å². The second kappa shape index (κ2) is 11.5. The highest BCUT2D eigenvalue weighted by Gasteiger charge is 2.24. The van der Waals surface area contributed by atoms with Gasteiger partial charge in [0.15, 0.2) is 11.5 Å². The Labute approximate surface area is 211 Å². The lowest BCUT2D eigenvalue weighted by molar-refractivity contribution is -0.121. The molecule has 36 heavy (non-hydrogen) atoms. The van der Waals surface area contributed by atoms with Crippen LogP contribution in [0.3, 0.4) is 0 Å². The van der Waals surface area contributed by atoms with Crippen LogP contribution in [0.5, 0.6) is 23.0 Å². The number of ether oxygens (including phenoxy) is 4. The molecule has 0 fully saturated rings. The Hall–Kier alpha value is -4.13. The molecule has 1 aromatic heterocycles. The zero-order chi connectivity index (χ0) is 25.5. The number of fused-ring (bicyclic) bond motifs is 1. The van der Waals surface area contributed by atoms with Crippen LogP contribution >= 0.6 is 0 Å². The van der Waals surface area contributed by atoms with E-state index in [0.29, 0.717) is 36.0 Å². The Kier molecular flexibility index (Phi) is 8.00. The predicted octanol–water partition coefficient (Wildman–Crippen LogP) is 5.08. The summed E-state index contributed by atoms with van der Waals surface area (Å²) in [4.78, 5) is 16.5. The number of aromatic nitrogens is 1. The van der Waals surface area contributed by atoms with Crippen LogP contribution in [0.25, 0.3) is 10.9 Å². The SMILES string of the molecule is COc1ccc(C(CC(=O)NCCc2ccc(OC)c(OC)c2)c2c[nH]c3ccccc23)c(OC)c1. The lowest BCUT2D eigenvalue weighted by Gasteiger charge is -2.20. The Balaban J connectivity index is 1.54. The third kappa shape index (κ3) is 5.40.